The van der Waals surface area contributed by atoms with Crippen molar-refractivity contribution in [2.45, 2.75) is 6.04 Å². The molecule has 0 aromatic heterocycles. The second-order valence-electron chi connectivity index (χ2n) is 5.06. The summed E-state index contributed by atoms with van der Waals surface area (Å²) < 4.78 is 10.5. The summed E-state index contributed by atoms with van der Waals surface area (Å²) >= 11 is 3.38. The molecule has 2 rings (SSSR count). The van der Waals surface area contributed by atoms with E-state index in [9.17, 15) is 9.59 Å². The van der Waals surface area contributed by atoms with Gasteiger partial charge in [-0.1, -0.05) is 46.3 Å². The molecule has 0 aliphatic carbocycles. The molecule has 1 atom stereocenters. The second-order valence-corrected chi connectivity index (χ2v) is 5.98. The first-order valence-electron chi connectivity index (χ1n) is 7.29. The number of esters is 2. The van der Waals surface area contributed by atoms with Crippen LogP contribution in [0.3, 0.4) is 0 Å². The molecule has 0 fully saturated rings. The van der Waals surface area contributed by atoms with E-state index in [0.29, 0.717) is 0 Å². The first-order valence-corrected chi connectivity index (χ1v) is 8.09. The predicted molar refractivity (Wildman–Crippen MR) is 94.5 cm³/mol. The molecular formula is C18H18BrNO4. The van der Waals surface area contributed by atoms with E-state index < -0.39 is 23.9 Å². The standard InChI is InChI=1S/C18H18BrNO4/c1-23-17(21)15(18(22)24-2)16(12-8-10-13(19)11-9-12)20-14-6-4-3-5-7-14/h3-11,15-16,20H,1-2H3. The monoisotopic (exact) mass is 391 g/mol. The van der Waals surface area contributed by atoms with E-state index in [4.69, 9.17) is 9.47 Å². The first-order chi connectivity index (χ1) is 11.6. The van der Waals surface area contributed by atoms with E-state index in [2.05, 4.69) is 21.2 Å². The van der Waals surface area contributed by atoms with Gasteiger partial charge in [0.05, 0.1) is 20.3 Å². The number of ether oxygens (including phenoxy) is 2. The van der Waals surface area contributed by atoms with Crippen LogP contribution in [0, 0.1) is 5.92 Å². The number of methoxy groups -OCH3 is 2. The van der Waals surface area contributed by atoms with Crippen molar-refractivity contribution < 1.29 is 19.1 Å². The largest absolute Gasteiger partial charge is 0.468 e. The Balaban J connectivity index is 2.45. The van der Waals surface area contributed by atoms with Crippen molar-refractivity contribution in [3.05, 3.63) is 64.6 Å². The molecule has 0 amide bonds. The number of carbonyl (C=O) groups excluding carboxylic acids is 2. The van der Waals surface area contributed by atoms with Gasteiger partial charge in [-0.25, -0.2) is 0 Å². The number of hydrogen-bond donors (Lipinski definition) is 1. The molecule has 2 aromatic rings. The van der Waals surface area contributed by atoms with Crippen LogP contribution in [0.25, 0.3) is 0 Å². The Morgan fingerprint density at radius 3 is 1.96 bits per heavy atom. The van der Waals surface area contributed by atoms with Gasteiger partial charge >= 0.3 is 11.9 Å². The zero-order chi connectivity index (χ0) is 17.5. The number of rotatable bonds is 6. The maximum absolute atomic E-state index is 12.2. The molecule has 0 saturated heterocycles. The Morgan fingerprint density at radius 2 is 1.46 bits per heavy atom. The number of anilines is 1. The summed E-state index contributed by atoms with van der Waals surface area (Å²) in [4.78, 5) is 24.4. The molecule has 24 heavy (non-hydrogen) atoms. The summed E-state index contributed by atoms with van der Waals surface area (Å²) in [6.45, 7) is 0. The molecule has 0 aliphatic heterocycles. The molecule has 0 radical (unpaired) electrons. The molecule has 126 valence electrons. The molecule has 2 aromatic carbocycles. The highest BCUT2D eigenvalue weighted by atomic mass is 79.9. The van der Waals surface area contributed by atoms with Gasteiger partial charge in [0.1, 0.15) is 0 Å². The van der Waals surface area contributed by atoms with Crippen molar-refractivity contribution >= 4 is 33.6 Å². The average Bonchev–Trinajstić information content (AvgIpc) is 2.62. The van der Waals surface area contributed by atoms with Gasteiger partial charge in [0, 0.05) is 10.2 Å². The zero-order valence-electron chi connectivity index (χ0n) is 13.4. The molecule has 6 heteroatoms. The number of halogens is 1. The molecule has 0 bridgehead atoms. The van der Waals surface area contributed by atoms with Crippen molar-refractivity contribution in [3.63, 3.8) is 0 Å². The van der Waals surface area contributed by atoms with Gasteiger partial charge in [-0.3, -0.25) is 9.59 Å². The van der Waals surface area contributed by atoms with Crippen molar-refractivity contribution in [1.29, 1.82) is 0 Å². The SMILES string of the molecule is COC(=O)C(C(=O)OC)C(Nc1ccccc1)c1ccc(Br)cc1. The fourth-order valence-electron chi connectivity index (χ4n) is 2.37. The normalized spacial score (nSPS) is 11.7. The van der Waals surface area contributed by atoms with E-state index in [1.165, 1.54) is 14.2 Å². The van der Waals surface area contributed by atoms with Crippen molar-refractivity contribution in [3.8, 4) is 0 Å². The van der Waals surface area contributed by atoms with Gasteiger partial charge in [0.2, 0.25) is 0 Å². The molecule has 0 saturated carbocycles. The van der Waals surface area contributed by atoms with Gasteiger partial charge in [-0.15, -0.1) is 0 Å². The van der Waals surface area contributed by atoms with Crippen molar-refractivity contribution in [1.82, 2.24) is 0 Å². The topological polar surface area (TPSA) is 64.6 Å². The summed E-state index contributed by atoms with van der Waals surface area (Å²) in [7, 11) is 2.50. The van der Waals surface area contributed by atoms with Gasteiger partial charge in [0.25, 0.3) is 0 Å². The highest BCUT2D eigenvalue weighted by Gasteiger charge is 2.38. The minimum atomic E-state index is -1.12. The van der Waals surface area contributed by atoms with E-state index in [-0.39, 0.29) is 0 Å². The second kappa shape index (κ2) is 8.49. The van der Waals surface area contributed by atoms with E-state index >= 15 is 0 Å². The van der Waals surface area contributed by atoms with Crippen LogP contribution in [-0.4, -0.2) is 26.2 Å². The highest BCUT2D eigenvalue weighted by molar-refractivity contribution is 9.10. The molecule has 0 aliphatic rings. The molecule has 1 N–H and O–H groups in total. The van der Waals surface area contributed by atoms with Crippen LogP contribution in [0.15, 0.2) is 59.1 Å². The Morgan fingerprint density at radius 1 is 0.917 bits per heavy atom. The lowest BCUT2D eigenvalue weighted by atomic mass is 9.92. The van der Waals surface area contributed by atoms with Crippen LogP contribution in [0.5, 0.6) is 0 Å². The maximum atomic E-state index is 12.2. The summed E-state index contributed by atoms with van der Waals surface area (Å²) in [6, 6.07) is 16.1. The third-order valence-electron chi connectivity index (χ3n) is 3.57. The fourth-order valence-corrected chi connectivity index (χ4v) is 2.63. The third-order valence-corrected chi connectivity index (χ3v) is 4.10. The smallest absolute Gasteiger partial charge is 0.322 e. The average molecular weight is 392 g/mol. The maximum Gasteiger partial charge on any atom is 0.322 e. The number of nitrogens with one attached hydrogen (secondary N) is 1. The zero-order valence-corrected chi connectivity index (χ0v) is 14.9. The predicted octanol–water partition coefficient (Wildman–Crippen LogP) is 3.56. The van der Waals surface area contributed by atoms with Gasteiger partial charge in [-0.05, 0) is 29.8 Å². The minimum Gasteiger partial charge on any atom is -0.468 e. The fraction of sp³-hybridized carbons (Fsp3) is 0.222. The van der Waals surface area contributed by atoms with Crippen LogP contribution in [0.4, 0.5) is 5.69 Å². The van der Waals surface area contributed by atoms with Crippen molar-refractivity contribution in [2.24, 2.45) is 5.92 Å². The molecule has 1 unspecified atom stereocenters. The quantitative estimate of drug-likeness (QED) is 0.602. The molecular weight excluding hydrogens is 374 g/mol. The Kier molecular flexibility index (Phi) is 6.37. The molecule has 0 spiro atoms. The van der Waals surface area contributed by atoms with Gasteiger partial charge in [-0.2, -0.15) is 0 Å². The van der Waals surface area contributed by atoms with Gasteiger partial charge < -0.3 is 14.8 Å². The Labute approximate surface area is 149 Å². The van der Waals surface area contributed by atoms with Crippen LogP contribution in [-0.2, 0) is 19.1 Å². The lowest BCUT2D eigenvalue weighted by molar-refractivity contribution is -0.159. The summed E-state index contributed by atoms with van der Waals surface area (Å²) in [5.74, 6) is -2.43. The minimum absolute atomic E-state index is 0.625. The number of carbonyl (C=O) groups is 2. The molecule has 5 nitrogen and oxygen atoms in total. The Bertz CT molecular complexity index is 672. The summed E-state index contributed by atoms with van der Waals surface area (Å²) in [5, 5.41) is 3.23. The number of hydrogen-bond acceptors (Lipinski definition) is 5. The number of benzene rings is 2. The van der Waals surface area contributed by atoms with Crippen molar-refractivity contribution in [2.75, 3.05) is 19.5 Å². The van der Waals surface area contributed by atoms with Crippen LogP contribution in [0.2, 0.25) is 0 Å². The summed E-state index contributed by atoms with van der Waals surface area (Å²) in [5.41, 5.74) is 1.55. The van der Waals surface area contributed by atoms with Crippen LogP contribution in [0.1, 0.15) is 11.6 Å². The van der Waals surface area contributed by atoms with E-state index in [1.54, 1.807) is 0 Å². The lowest BCUT2D eigenvalue weighted by Crippen LogP contribution is -2.35. The highest BCUT2D eigenvalue weighted by Crippen LogP contribution is 2.29. The third kappa shape index (κ3) is 4.35. The van der Waals surface area contributed by atoms with Gasteiger partial charge in [0.15, 0.2) is 5.92 Å². The summed E-state index contributed by atoms with van der Waals surface area (Å²) in [6.07, 6.45) is 0. The lowest BCUT2D eigenvalue weighted by Gasteiger charge is -2.26. The van der Waals surface area contributed by atoms with E-state index in [0.717, 1.165) is 15.7 Å². The van der Waals surface area contributed by atoms with Crippen LogP contribution >= 0.6 is 15.9 Å². The number of para-hydroxylation sites is 1. The molecule has 0 heterocycles. The van der Waals surface area contributed by atoms with Crippen LogP contribution < -0.4 is 5.32 Å². The first kappa shape index (κ1) is 18.0. The Hall–Kier alpha value is -2.34. The van der Waals surface area contributed by atoms with E-state index in [1.807, 2.05) is 54.6 Å².